The Balaban J connectivity index is 1.48. The van der Waals surface area contributed by atoms with E-state index >= 15 is 0 Å². The van der Waals surface area contributed by atoms with Crippen LogP contribution < -0.4 is 10.5 Å². The number of aryl methyl sites for hydroxylation is 1. The van der Waals surface area contributed by atoms with Crippen molar-refractivity contribution in [3.05, 3.63) is 29.8 Å². The molecule has 0 unspecified atom stereocenters. The van der Waals surface area contributed by atoms with Crippen molar-refractivity contribution in [3.8, 4) is 5.75 Å². The second-order valence-electron chi connectivity index (χ2n) is 5.76. The summed E-state index contributed by atoms with van der Waals surface area (Å²) in [7, 11) is 0. The first-order valence-corrected chi connectivity index (χ1v) is 6.74. The summed E-state index contributed by atoms with van der Waals surface area (Å²) in [4.78, 5) is 0. The van der Waals surface area contributed by atoms with E-state index < -0.39 is 0 Å². The van der Waals surface area contributed by atoms with Crippen LogP contribution in [0.15, 0.2) is 24.3 Å². The topological polar surface area (TPSA) is 35.2 Å². The molecule has 0 aromatic heterocycles. The van der Waals surface area contributed by atoms with Gasteiger partial charge in [-0.3, -0.25) is 0 Å². The normalized spacial score (nSPS) is 21.2. The maximum absolute atomic E-state index is 6.09. The molecule has 2 saturated carbocycles. The van der Waals surface area contributed by atoms with Gasteiger partial charge in [-0.15, -0.1) is 0 Å². The smallest absolute Gasteiger partial charge is 0.119 e. The van der Waals surface area contributed by atoms with Crippen LogP contribution in [0.3, 0.4) is 0 Å². The van der Waals surface area contributed by atoms with Crippen molar-refractivity contribution in [2.24, 2.45) is 11.7 Å². The highest BCUT2D eigenvalue weighted by Crippen LogP contribution is 2.36. The van der Waals surface area contributed by atoms with Crippen LogP contribution >= 0.6 is 0 Å². The largest absolute Gasteiger partial charge is 0.493 e. The molecule has 3 rings (SSSR count). The predicted molar refractivity (Wildman–Crippen MR) is 69.1 cm³/mol. The number of benzene rings is 1. The van der Waals surface area contributed by atoms with Crippen molar-refractivity contribution in [2.45, 2.75) is 44.1 Å². The number of hydrogen-bond acceptors (Lipinski definition) is 2. The van der Waals surface area contributed by atoms with Crippen LogP contribution in [0.4, 0.5) is 0 Å². The van der Waals surface area contributed by atoms with Gasteiger partial charge in [0.15, 0.2) is 0 Å². The minimum Gasteiger partial charge on any atom is -0.493 e. The summed E-state index contributed by atoms with van der Waals surface area (Å²) in [5, 5.41) is 0. The molecule has 17 heavy (non-hydrogen) atoms. The van der Waals surface area contributed by atoms with Crippen LogP contribution in [0, 0.1) is 5.92 Å². The van der Waals surface area contributed by atoms with Gasteiger partial charge in [-0.25, -0.2) is 0 Å². The van der Waals surface area contributed by atoms with Crippen molar-refractivity contribution in [3.63, 3.8) is 0 Å². The maximum Gasteiger partial charge on any atom is 0.119 e. The van der Waals surface area contributed by atoms with E-state index in [1.165, 1.54) is 31.2 Å². The molecule has 0 spiro atoms. The maximum atomic E-state index is 6.09. The molecular weight excluding hydrogens is 210 g/mol. The fourth-order valence-corrected chi connectivity index (χ4v) is 2.05. The molecule has 2 N–H and O–H groups in total. The number of rotatable bonds is 6. The van der Waals surface area contributed by atoms with Gasteiger partial charge in [-0.05, 0) is 62.1 Å². The molecule has 1 aromatic rings. The molecule has 92 valence electrons. The van der Waals surface area contributed by atoms with E-state index in [9.17, 15) is 0 Å². The van der Waals surface area contributed by atoms with Gasteiger partial charge in [0, 0.05) is 5.54 Å². The van der Waals surface area contributed by atoms with Crippen molar-refractivity contribution in [1.29, 1.82) is 0 Å². The third-order valence-corrected chi connectivity index (χ3v) is 3.91. The zero-order chi connectivity index (χ0) is 11.7. The van der Waals surface area contributed by atoms with Gasteiger partial charge in [0.25, 0.3) is 0 Å². The average Bonchev–Trinajstić information content (AvgIpc) is 3.23. The third kappa shape index (κ3) is 3.22. The van der Waals surface area contributed by atoms with E-state index in [2.05, 4.69) is 24.3 Å². The van der Waals surface area contributed by atoms with Crippen molar-refractivity contribution < 1.29 is 4.74 Å². The van der Waals surface area contributed by atoms with Crippen molar-refractivity contribution >= 4 is 0 Å². The Labute approximate surface area is 103 Å². The van der Waals surface area contributed by atoms with E-state index in [0.29, 0.717) is 0 Å². The lowest BCUT2D eigenvalue weighted by Crippen LogP contribution is -2.22. The Hall–Kier alpha value is -1.02. The first-order valence-electron chi connectivity index (χ1n) is 6.74. The van der Waals surface area contributed by atoms with E-state index in [1.54, 1.807) is 0 Å². The SMILES string of the molecule is NC1(CCc2ccc(OCC3CC3)cc2)CC1. The number of ether oxygens (including phenoxy) is 1. The minimum atomic E-state index is 0.168. The summed E-state index contributed by atoms with van der Waals surface area (Å²) in [6.45, 7) is 0.894. The van der Waals surface area contributed by atoms with Gasteiger partial charge >= 0.3 is 0 Å². The van der Waals surface area contributed by atoms with Crippen LogP contribution in [0.25, 0.3) is 0 Å². The van der Waals surface area contributed by atoms with Crippen LogP contribution in [-0.2, 0) is 6.42 Å². The standard InChI is InChI=1S/C15H21NO/c16-15(9-10-15)8-7-12-3-5-14(6-4-12)17-11-13-1-2-13/h3-6,13H,1-2,7-11,16H2. The lowest BCUT2D eigenvalue weighted by molar-refractivity contribution is 0.299. The van der Waals surface area contributed by atoms with E-state index in [-0.39, 0.29) is 5.54 Å². The summed E-state index contributed by atoms with van der Waals surface area (Å²) < 4.78 is 5.72. The molecule has 1 aromatic carbocycles. The molecular formula is C15H21NO. The first-order chi connectivity index (χ1) is 8.23. The highest BCUT2D eigenvalue weighted by Gasteiger charge is 2.37. The summed E-state index contributed by atoms with van der Waals surface area (Å²) in [6, 6.07) is 8.53. The van der Waals surface area contributed by atoms with Crippen LogP contribution in [0.5, 0.6) is 5.75 Å². The van der Waals surface area contributed by atoms with Crippen LogP contribution in [0.1, 0.15) is 37.7 Å². The van der Waals surface area contributed by atoms with Crippen molar-refractivity contribution in [2.75, 3.05) is 6.61 Å². The summed E-state index contributed by atoms with van der Waals surface area (Å²) in [6.07, 6.45) is 7.31. The number of nitrogens with two attached hydrogens (primary N) is 1. The molecule has 0 saturated heterocycles. The highest BCUT2D eigenvalue weighted by molar-refractivity contribution is 5.27. The minimum absolute atomic E-state index is 0.168. The fourth-order valence-electron chi connectivity index (χ4n) is 2.05. The molecule has 0 aliphatic heterocycles. The summed E-state index contributed by atoms with van der Waals surface area (Å²) in [5.74, 6) is 1.83. The molecule has 2 nitrogen and oxygen atoms in total. The molecule has 0 amide bonds. The van der Waals surface area contributed by atoms with Gasteiger partial charge in [0.2, 0.25) is 0 Å². The van der Waals surface area contributed by atoms with Gasteiger partial charge in [-0.1, -0.05) is 12.1 Å². The average molecular weight is 231 g/mol. The van der Waals surface area contributed by atoms with E-state index in [0.717, 1.165) is 31.1 Å². The molecule has 2 aliphatic rings. The van der Waals surface area contributed by atoms with E-state index in [4.69, 9.17) is 10.5 Å². The Morgan fingerprint density at radius 1 is 1.18 bits per heavy atom. The van der Waals surface area contributed by atoms with Crippen molar-refractivity contribution in [1.82, 2.24) is 0 Å². The Morgan fingerprint density at radius 3 is 2.47 bits per heavy atom. The molecule has 0 radical (unpaired) electrons. The lowest BCUT2D eigenvalue weighted by Gasteiger charge is -2.09. The molecule has 0 bridgehead atoms. The first kappa shape index (κ1) is 11.1. The van der Waals surface area contributed by atoms with Crippen LogP contribution in [-0.4, -0.2) is 12.1 Å². The van der Waals surface area contributed by atoms with Gasteiger partial charge in [0.05, 0.1) is 6.61 Å². The molecule has 0 atom stereocenters. The second-order valence-corrected chi connectivity index (χ2v) is 5.76. The van der Waals surface area contributed by atoms with Crippen LogP contribution in [0.2, 0.25) is 0 Å². The Bertz CT molecular complexity index is 376. The summed E-state index contributed by atoms with van der Waals surface area (Å²) in [5.41, 5.74) is 7.63. The molecule has 0 heterocycles. The summed E-state index contributed by atoms with van der Waals surface area (Å²) >= 11 is 0. The highest BCUT2D eigenvalue weighted by atomic mass is 16.5. The Kier molecular flexibility index (Phi) is 2.83. The van der Waals surface area contributed by atoms with Gasteiger partial charge in [0.1, 0.15) is 5.75 Å². The van der Waals surface area contributed by atoms with Gasteiger partial charge < -0.3 is 10.5 Å². The lowest BCUT2D eigenvalue weighted by atomic mass is 10.0. The second kappa shape index (κ2) is 4.34. The predicted octanol–water partition coefficient (Wildman–Crippen LogP) is 2.90. The zero-order valence-corrected chi connectivity index (χ0v) is 10.3. The Morgan fingerprint density at radius 2 is 1.88 bits per heavy atom. The van der Waals surface area contributed by atoms with Gasteiger partial charge in [-0.2, -0.15) is 0 Å². The molecule has 2 heteroatoms. The molecule has 2 fully saturated rings. The quantitative estimate of drug-likeness (QED) is 0.817. The molecule has 2 aliphatic carbocycles. The fraction of sp³-hybridized carbons (Fsp3) is 0.600. The zero-order valence-electron chi connectivity index (χ0n) is 10.3. The third-order valence-electron chi connectivity index (χ3n) is 3.91. The number of hydrogen-bond donors (Lipinski definition) is 1. The van der Waals surface area contributed by atoms with E-state index in [1.807, 2.05) is 0 Å². The monoisotopic (exact) mass is 231 g/mol.